The summed E-state index contributed by atoms with van der Waals surface area (Å²) in [5.74, 6) is -1.06. The van der Waals surface area contributed by atoms with E-state index in [0.29, 0.717) is 5.69 Å². The van der Waals surface area contributed by atoms with Crippen molar-refractivity contribution in [2.24, 2.45) is 0 Å². The summed E-state index contributed by atoms with van der Waals surface area (Å²) in [6.45, 7) is 0. The van der Waals surface area contributed by atoms with Crippen LogP contribution in [-0.2, 0) is 5.41 Å². The van der Waals surface area contributed by atoms with Crippen molar-refractivity contribution >= 4 is 5.97 Å². The quantitative estimate of drug-likeness (QED) is 0.759. The van der Waals surface area contributed by atoms with Gasteiger partial charge >= 0.3 is 5.97 Å². The Kier molecular flexibility index (Phi) is 1.74. The van der Waals surface area contributed by atoms with Crippen LogP contribution in [0, 0.1) is 11.3 Å². The second-order valence-electron chi connectivity index (χ2n) is 3.41. The summed E-state index contributed by atoms with van der Waals surface area (Å²) in [4.78, 5) is 14.6. The highest BCUT2D eigenvalue weighted by molar-refractivity contribution is 5.85. The van der Waals surface area contributed by atoms with E-state index >= 15 is 0 Å². The van der Waals surface area contributed by atoms with Crippen LogP contribution in [-0.4, -0.2) is 16.1 Å². The first-order valence-corrected chi connectivity index (χ1v) is 4.30. The molecule has 4 nitrogen and oxygen atoms in total. The van der Waals surface area contributed by atoms with Gasteiger partial charge in [-0.2, -0.15) is 5.26 Å². The molecule has 0 unspecified atom stereocenters. The van der Waals surface area contributed by atoms with E-state index in [0.717, 1.165) is 12.8 Å². The van der Waals surface area contributed by atoms with Gasteiger partial charge in [0.1, 0.15) is 5.69 Å². The summed E-state index contributed by atoms with van der Waals surface area (Å²) in [5, 5.41) is 17.6. The fourth-order valence-electron chi connectivity index (χ4n) is 1.37. The van der Waals surface area contributed by atoms with Gasteiger partial charge in [-0.1, -0.05) is 6.07 Å². The molecule has 0 aromatic carbocycles. The van der Waals surface area contributed by atoms with Gasteiger partial charge in [-0.15, -0.1) is 0 Å². The van der Waals surface area contributed by atoms with E-state index in [4.69, 9.17) is 10.4 Å². The molecule has 1 aromatic heterocycles. The molecule has 0 aliphatic heterocycles. The third-order valence-corrected chi connectivity index (χ3v) is 2.42. The molecule has 0 radical (unpaired) electrons. The van der Waals surface area contributed by atoms with E-state index in [1.54, 1.807) is 12.1 Å². The highest BCUT2D eigenvalue weighted by atomic mass is 16.4. The Morgan fingerprint density at radius 3 is 2.79 bits per heavy atom. The Morgan fingerprint density at radius 1 is 1.57 bits per heavy atom. The van der Waals surface area contributed by atoms with Crippen LogP contribution in [0.25, 0.3) is 0 Å². The minimum absolute atomic E-state index is 0.00373. The second kappa shape index (κ2) is 2.81. The molecule has 0 amide bonds. The summed E-state index contributed by atoms with van der Waals surface area (Å²) >= 11 is 0. The number of pyridine rings is 1. The minimum Gasteiger partial charge on any atom is -0.477 e. The van der Waals surface area contributed by atoms with E-state index in [2.05, 4.69) is 11.1 Å². The van der Waals surface area contributed by atoms with E-state index < -0.39 is 11.4 Å². The molecule has 0 spiro atoms. The van der Waals surface area contributed by atoms with Crippen molar-refractivity contribution in [2.45, 2.75) is 18.3 Å². The molecule has 1 heterocycles. The van der Waals surface area contributed by atoms with E-state index in [9.17, 15) is 4.79 Å². The number of hydrogen-bond donors (Lipinski definition) is 1. The molecule has 4 heteroatoms. The molecule has 0 atom stereocenters. The fraction of sp³-hybridized carbons (Fsp3) is 0.300. The molecule has 1 fully saturated rings. The average Bonchev–Trinajstić information content (AvgIpc) is 2.98. The number of nitrogens with zero attached hydrogens (tertiary/aromatic N) is 2. The van der Waals surface area contributed by atoms with Crippen LogP contribution in [0.1, 0.15) is 29.0 Å². The first kappa shape index (κ1) is 8.70. The van der Waals surface area contributed by atoms with Gasteiger partial charge in [0.15, 0.2) is 0 Å². The van der Waals surface area contributed by atoms with Crippen molar-refractivity contribution in [1.29, 1.82) is 5.26 Å². The first-order chi connectivity index (χ1) is 6.68. The SMILES string of the molecule is N#CC1(c2cccc(C(=O)O)n2)CC1. The van der Waals surface area contributed by atoms with Gasteiger partial charge in [0.25, 0.3) is 0 Å². The summed E-state index contributed by atoms with van der Waals surface area (Å²) in [6, 6.07) is 6.95. The standard InChI is InChI=1S/C10H8N2O2/c11-6-10(4-5-10)8-3-1-2-7(12-8)9(13)14/h1-3H,4-5H2,(H,13,14). The Bertz CT molecular complexity index is 430. The molecule has 70 valence electrons. The van der Waals surface area contributed by atoms with E-state index in [1.807, 2.05) is 0 Å². The van der Waals surface area contributed by atoms with Gasteiger partial charge in [-0.05, 0) is 25.0 Å². The first-order valence-electron chi connectivity index (χ1n) is 4.30. The van der Waals surface area contributed by atoms with Crippen LogP contribution < -0.4 is 0 Å². The lowest BCUT2D eigenvalue weighted by Gasteiger charge is -2.04. The summed E-state index contributed by atoms with van der Waals surface area (Å²) in [7, 11) is 0. The number of aromatic carboxylic acids is 1. The number of carbonyl (C=O) groups is 1. The lowest BCUT2D eigenvalue weighted by atomic mass is 10.0. The number of carboxylic acid groups (broad SMARTS) is 1. The Hall–Kier alpha value is -1.89. The zero-order chi connectivity index (χ0) is 10.2. The normalized spacial score (nSPS) is 17.1. The molecule has 0 bridgehead atoms. The summed E-state index contributed by atoms with van der Waals surface area (Å²) in [6.07, 6.45) is 1.55. The Balaban J connectivity index is 2.42. The van der Waals surface area contributed by atoms with Gasteiger partial charge in [-0.25, -0.2) is 9.78 Å². The van der Waals surface area contributed by atoms with Crippen LogP contribution in [0.5, 0.6) is 0 Å². The predicted octanol–water partition coefficient (Wildman–Crippen LogP) is 1.33. The maximum Gasteiger partial charge on any atom is 0.354 e. The second-order valence-corrected chi connectivity index (χ2v) is 3.41. The minimum atomic E-state index is -1.06. The highest BCUT2D eigenvalue weighted by Crippen LogP contribution is 2.46. The Labute approximate surface area is 80.8 Å². The Morgan fingerprint density at radius 2 is 2.29 bits per heavy atom. The average molecular weight is 188 g/mol. The van der Waals surface area contributed by atoms with E-state index in [1.165, 1.54) is 6.07 Å². The fourth-order valence-corrected chi connectivity index (χ4v) is 1.37. The zero-order valence-electron chi connectivity index (χ0n) is 7.40. The van der Waals surface area contributed by atoms with Crippen LogP contribution in [0.2, 0.25) is 0 Å². The highest BCUT2D eigenvalue weighted by Gasteiger charge is 2.46. The van der Waals surface area contributed by atoms with Crippen molar-refractivity contribution in [3.63, 3.8) is 0 Å². The molecule has 2 rings (SSSR count). The van der Waals surface area contributed by atoms with E-state index in [-0.39, 0.29) is 5.69 Å². The summed E-state index contributed by atoms with van der Waals surface area (Å²) in [5.41, 5.74) is 0.0785. The largest absolute Gasteiger partial charge is 0.477 e. The third-order valence-electron chi connectivity index (χ3n) is 2.42. The molecule has 1 aliphatic rings. The van der Waals surface area contributed by atoms with Crippen LogP contribution in [0.4, 0.5) is 0 Å². The summed E-state index contributed by atoms with van der Waals surface area (Å²) < 4.78 is 0. The molecule has 0 saturated heterocycles. The molecule has 1 saturated carbocycles. The molecule has 1 aliphatic carbocycles. The van der Waals surface area contributed by atoms with Gasteiger partial charge < -0.3 is 5.11 Å². The zero-order valence-corrected chi connectivity index (χ0v) is 7.40. The number of aromatic nitrogens is 1. The third kappa shape index (κ3) is 1.23. The lowest BCUT2D eigenvalue weighted by Crippen LogP contribution is -2.09. The van der Waals surface area contributed by atoms with Crippen molar-refractivity contribution < 1.29 is 9.90 Å². The molecule has 14 heavy (non-hydrogen) atoms. The van der Waals surface area contributed by atoms with Gasteiger partial charge in [-0.3, -0.25) is 0 Å². The maximum absolute atomic E-state index is 10.6. The maximum atomic E-state index is 10.6. The number of hydrogen-bond acceptors (Lipinski definition) is 3. The molecule has 1 N–H and O–H groups in total. The topological polar surface area (TPSA) is 74.0 Å². The van der Waals surface area contributed by atoms with Crippen molar-refractivity contribution in [1.82, 2.24) is 4.98 Å². The molecule has 1 aromatic rings. The van der Waals surface area contributed by atoms with Crippen molar-refractivity contribution in [2.75, 3.05) is 0 Å². The number of nitriles is 1. The van der Waals surface area contributed by atoms with Crippen LogP contribution in [0.15, 0.2) is 18.2 Å². The monoisotopic (exact) mass is 188 g/mol. The predicted molar refractivity (Wildman–Crippen MR) is 47.7 cm³/mol. The number of carboxylic acids is 1. The number of rotatable bonds is 2. The van der Waals surface area contributed by atoms with Gasteiger partial charge in [0, 0.05) is 0 Å². The van der Waals surface area contributed by atoms with Crippen molar-refractivity contribution in [3.8, 4) is 6.07 Å². The molecular weight excluding hydrogens is 180 g/mol. The lowest BCUT2D eigenvalue weighted by molar-refractivity contribution is 0.0690. The van der Waals surface area contributed by atoms with Crippen LogP contribution >= 0.6 is 0 Å². The van der Waals surface area contributed by atoms with Crippen LogP contribution in [0.3, 0.4) is 0 Å². The molecular formula is C10H8N2O2. The smallest absolute Gasteiger partial charge is 0.354 e. The van der Waals surface area contributed by atoms with Gasteiger partial charge in [0.2, 0.25) is 0 Å². The van der Waals surface area contributed by atoms with Crippen molar-refractivity contribution in [3.05, 3.63) is 29.6 Å². The van der Waals surface area contributed by atoms with Gasteiger partial charge in [0.05, 0.1) is 17.2 Å².